The molecule has 0 aromatic rings. The summed E-state index contributed by atoms with van der Waals surface area (Å²) in [4.78, 5) is 0. The summed E-state index contributed by atoms with van der Waals surface area (Å²) in [6, 6.07) is 1.57. The van der Waals surface area contributed by atoms with Crippen molar-refractivity contribution in [1.82, 2.24) is 0 Å². The molecule has 1 fully saturated rings. The largest absolute Gasteiger partial charge is 0.0713 e. The van der Waals surface area contributed by atoms with E-state index in [1.165, 1.54) is 32.1 Å². The van der Waals surface area contributed by atoms with Gasteiger partial charge in [-0.1, -0.05) is 51.2 Å². The normalized spacial score (nSPS) is 21.9. The third-order valence-electron chi connectivity index (χ3n) is 2.42. The van der Waals surface area contributed by atoms with Crippen LogP contribution in [0.3, 0.4) is 0 Å². The van der Waals surface area contributed by atoms with E-state index >= 15 is 0 Å². The number of hydrogen-bond donors (Lipinski definition) is 0. The lowest BCUT2D eigenvalue weighted by atomic mass is 9.91. The first-order chi connectivity index (χ1) is 4.79. The first-order valence-corrected chi connectivity index (χ1v) is 7.29. The zero-order chi connectivity index (χ0) is 7.40. The Balaban J connectivity index is 2.13. The first kappa shape index (κ1) is 8.31. The maximum absolute atomic E-state index is 2.44. The summed E-state index contributed by atoms with van der Waals surface area (Å²) in [6.45, 7) is 4.89. The minimum atomic E-state index is 0.0665. The van der Waals surface area contributed by atoms with Crippen molar-refractivity contribution in [3.05, 3.63) is 0 Å². The monoisotopic (exact) mass is 155 g/mol. The quantitative estimate of drug-likeness (QED) is 0.537. The Labute approximate surface area is 66.6 Å². The van der Waals surface area contributed by atoms with Gasteiger partial charge in [-0.15, -0.1) is 0 Å². The molecule has 0 aliphatic heterocycles. The number of rotatable bonds is 2. The van der Waals surface area contributed by atoms with Crippen LogP contribution in [-0.2, 0) is 0 Å². The molecule has 1 radical (unpaired) electrons. The van der Waals surface area contributed by atoms with Crippen molar-refractivity contribution in [1.29, 1.82) is 0 Å². The second-order valence-corrected chi connectivity index (χ2v) is 6.74. The fourth-order valence-electron chi connectivity index (χ4n) is 1.97. The van der Waals surface area contributed by atoms with Gasteiger partial charge >= 0.3 is 0 Å². The van der Waals surface area contributed by atoms with Gasteiger partial charge in [-0.2, -0.15) is 0 Å². The van der Waals surface area contributed by atoms with Gasteiger partial charge in [-0.25, -0.2) is 0 Å². The maximum atomic E-state index is 2.44. The Bertz CT molecular complexity index is 82.7. The molecule has 0 N–H and O–H groups in total. The van der Waals surface area contributed by atoms with Gasteiger partial charge in [0, 0.05) is 8.80 Å². The highest BCUT2D eigenvalue weighted by molar-refractivity contribution is 6.55. The van der Waals surface area contributed by atoms with Gasteiger partial charge in [0.1, 0.15) is 0 Å². The molecule has 0 amide bonds. The van der Waals surface area contributed by atoms with Crippen LogP contribution in [0, 0.1) is 5.92 Å². The molecule has 0 spiro atoms. The summed E-state index contributed by atoms with van der Waals surface area (Å²) in [5.41, 5.74) is 0. The van der Waals surface area contributed by atoms with Crippen molar-refractivity contribution in [3.8, 4) is 0 Å². The first-order valence-electron chi connectivity index (χ1n) is 4.58. The van der Waals surface area contributed by atoms with Crippen LogP contribution < -0.4 is 0 Å². The molecule has 0 bridgehead atoms. The van der Waals surface area contributed by atoms with E-state index in [2.05, 4.69) is 13.1 Å². The third-order valence-corrected chi connectivity index (χ3v) is 3.82. The van der Waals surface area contributed by atoms with Gasteiger partial charge < -0.3 is 0 Å². The van der Waals surface area contributed by atoms with Crippen molar-refractivity contribution >= 4 is 8.80 Å². The van der Waals surface area contributed by atoms with Crippen molar-refractivity contribution in [2.45, 2.75) is 51.2 Å². The molecule has 0 aromatic carbocycles. The molecule has 1 rings (SSSR count). The summed E-state index contributed by atoms with van der Waals surface area (Å²) in [7, 11) is 0.0665. The number of hydrogen-bond acceptors (Lipinski definition) is 0. The summed E-state index contributed by atoms with van der Waals surface area (Å²) < 4.78 is 0. The molecule has 0 atom stereocenters. The van der Waals surface area contributed by atoms with Gasteiger partial charge in [0.15, 0.2) is 0 Å². The highest BCUT2D eigenvalue weighted by Crippen LogP contribution is 2.27. The molecule has 59 valence electrons. The van der Waals surface area contributed by atoms with Crippen LogP contribution in [-0.4, -0.2) is 8.80 Å². The average molecular weight is 155 g/mol. The van der Waals surface area contributed by atoms with Gasteiger partial charge in [0.25, 0.3) is 0 Å². The lowest BCUT2D eigenvalue weighted by molar-refractivity contribution is 0.383. The standard InChI is InChI=1S/C9H19Si/c1-10(2)8-9-6-4-3-5-7-9/h9H,3-8H2,1-2H3. The molecule has 0 nitrogen and oxygen atoms in total. The van der Waals surface area contributed by atoms with Crippen LogP contribution in [0.4, 0.5) is 0 Å². The molecule has 1 heteroatoms. The van der Waals surface area contributed by atoms with Crippen LogP contribution in [0.5, 0.6) is 0 Å². The fourth-order valence-corrected chi connectivity index (χ4v) is 3.53. The average Bonchev–Trinajstić information content (AvgIpc) is 1.88. The van der Waals surface area contributed by atoms with E-state index in [9.17, 15) is 0 Å². The molecule has 1 saturated carbocycles. The van der Waals surface area contributed by atoms with Crippen molar-refractivity contribution in [2.24, 2.45) is 5.92 Å². The van der Waals surface area contributed by atoms with Crippen LogP contribution in [0.2, 0.25) is 19.1 Å². The smallest absolute Gasteiger partial charge is 0.0415 e. The molecule has 1 aliphatic rings. The highest BCUT2D eigenvalue weighted by atomic mass is 28.3. The van der Waals surface area contributed by atoms with E-state index in [0.717, 1.165) is 5.92 Å². The van der Waals surface area contributed by atoms with Crippen LogP contribution >= 0.6 is 0 Å². The maximum Gasteiger partial charge on any atom is 0.0415 e. The Morgan fingerprint density at radius 1 is 1.10 bits per heavy atom. The summed E-state index contributed by atoms with van der Waals surface area (Å²) in [5, 5.41) is 0. The second-order valence-electron chi connectivity index (χ2n) is 3.92. The van der Waals surface area contributed by atoms with E-state index in [4.69, 9.17) is 0 Å². The van der Waals surface area contributed by atoms with Gasteiger partial charge in [-0.3, -0.25) is 0 Å². The minimum absolute atomic E-state index is 0.0665. The summed E-state index contributed by atoms with van der Waals surface area (Å²) in [6.07, 6.45) is 7.61. The zero-order valence-electron chi connectivity index (χ0n) is 7.32. The minimum Gasteiger partial charge on any atom is -0.0713 e. The lowest BCUT2D eigenvalue weighted by Gasteiger charge is -2.22. The van der Waals surface area contributed by atoms with Gasteiger partial charge in [0.2, 0.25) is 0 Å². The highest BCUT2D eigenvalue weighted by Gasteiger charge is 2.14. The second kappa shape index (κ2) is 4.17. The van der Waals surface area contributed by atoms with E-state index < -0.39 is 0 Å². The van der Waals surface area contributed by atoms with E-state index in [1.54, 1.807) is 6.04 Å². The van der Waals surface area contributed by atoms with Gasteiger partial charge in [0.05, 0.1) is 0 Å². The van der Waals surface area contributed by atoms with E-state index in [-0.39, 0.29) is 8.80 Å². The van der Waals surface area contributed by atoms with E-state index in [1.807, 2.05) is 0 Å². The Morgan fingerprint density at radius 3 is 2.20 bits per heavy atom. The Hall–Kier alpha value is 0.217. The van der Waals surface area contributed by atoms with Crippen molar-refractivity contribution in [2.75, 3.05) is 0 Å². The molecule has 1 aliphatic carbocycles. The third kappa shape index (κ3) is 2.87. The van der Waals surface area contributed by atoms with Crippen molar-refractivity contribution < 1.29 is 0 Å². The SMILES string of the molecule is C[Si](C)CC1CCCCC1. The topological polar surface area (TPSA) is 0 Å². The molecule has 0 unspecified atom stereocenters. The lowest BCUT2D eigenvalue weighted by Crippen LogP contribution is -2.12. The molecule has 0 saturated heterocycles. The predicted molar refractivity (Wildman–Crippen MR) is 48.9 cm³/mol. The van der Waals surface area contributed by atoms with Crippen molar-refractivity contribution in [3.63, 3.8) is 0 Å². The zero-order valence-corrected chi connectivity index (χ0v) is 8.32. The predicted octanol–water partition coefficient (Wildman–Crippen LogP) is 3.32. The van der Waals surface area contributed by atoms with Crippen LogP contribution in [0.25, 0.3) is 0 Å². The summed E-state index contributed by atoms with van der Waals surface area (Å²) >= 11 is 0. The van der Waals surface area contributed by atoms with Crippen LogP contribution in [0.1, 0.15) is 32.1 Å². The molecule has 0 aromatic heterocycles. The van der Waals surface area contributed by atoms with Crippen LogP contribution in [0.15, 0.2) is 0 Å². The molecular formula is C9H19Si. The van der Waals surface area contributed by atoms with E-state index in [0.29, 0.717) is 0 Å². The summed E-state index contributed by atoms with van der Waals surface area (Å²) in [5.74, 6) is 1.12. The van der Waals surface area contributed by atoms with Gasteiger partial charge in [-0.05, 0) is 5.92 Å². The Morgan fingerprint density at radius 2 is 1.70 bits per heavy atom. The Kier molecular flexibility index (Phi) is 3.47. The molecular weight excluding hydrogens is 136 g/mol. The molecule has 0 heterocycles. The fraction of sp³-hybridized carbons (Fsp3) is 1.00. The molecule has 10 heavy (non-hydrogen) atoms.